The van der Waals surface area contributed by atoms with Gasteiger partial charge in [0, 0.05) is 3.57 Å². The molecule has 0 radical (unpaired) electrons. The summed E-state index contributed by atoms with van der Waals surface area (Å²) in [6.45, 7) is 0. The molecule has 0 aliphatic carbocycles. The number of rotatable bonds is 4. The van der Waals surface area contributed by atoms with Crippen LogP contribution in [-0.4, -0.2) is 5.71 Å². The molecule has 0 bridgehead atoms. The minimum atomic E-state index is -4.92. The van der Waals surface area contributed by atoms with Gasteiger partial charge in [-0.05, 0) is 52.9 Å². The van der Waals surface area contributed by atoms with E-state index in [1.54, 1.807) is 6.07 Å². The van der Waals surface area contributed by atoms with Gasteiger partial charge in [-0.1, -0.05) is 0 Å². The molecule has 0 fully saturated rings. The van der Waals surface area contributed by atoms with E-state index < -0.39 is 34.8 Å². The molecule has 0 amide bonds. The highest BCUT2D eigenvalue weighted by atomic mass is 127. The maximum atomic E-state index is 14.0. The van der Waals surface area contributed by atoms with E-state index in [9.17, 15) is 22.0 Å². The van der Waals surface area contributed by atoms with Gasteiger partial charge in [0.25, 0.3) is 0 Å². The molecule has 0 spiro atoms. The van der Waals surface area contributed by atoms with E-state index in [-0.39, 0.29) is 23.6 Å². The van der Waals surface area contributed by atoms with Gasteiger partial charge >= 0.3 is 6.18 Å². The van der Waals surface area contributed by atoms with Crippen molar-refractivity contribution >= 4 is 34.0 Å². The summed E-state index contributed by atoms with van der Waals surface area (Å²) in [4.78, 5) is 0. The topological polar surface area (TPSA) is 81.2 Å². The van der Waals surface area contributed by atoms with Crippen LogP contribution in [0.1, 0.15) is 5.56 Å². The SMILES string of the molecule is N#CC(C#N)=NNc1ccc(I)cc1Oc1c(F)cc(C(F)(F)F)cc1F. The zero-order valence-corrected chi connectivity index (χ0v) is 15.1. The number of halogens is 6. The lowest BCUT2D eigenvalue weighted by atomic mass is 10.2. The van der Waals surface area contributed by atoms with Gasteiger partial charge in [0.05, 0.1) is 11.3 Å². The number of hydrogen-bond donors (Lipinski definition) is 1. The van der Waals surface area contributed by atoms with E-state index in [0.29, 0.717) is 3.57 Å². The van der Waals surface area contributed by atoms with E-state index in [1.165, 1.54) is 24.3 Å². The number of ether oxygens (including phenoxy) is 1. The van der Waals surface area contributed by atoms with Crippen LogP contribution in [0.25, 0.3) is 0 Å². The first-order valence-corrected chi connectivity index (χ1v) is 7.91. The Morgan fingerprint density at radius 3 is 2.19 bits per heavy atom. The Kier molecular flexibility index (Phi) is 6.17. The summed E-state index contributed by atoms with van der Waals surface area (Å²) in [5.41, 5.74) is 0.333. The third kappa shape index (κ3) is 5.04. The smallest absolute Gasteiger partial charge is 0.416 e. The molecular formula is C16H6F5IN4O. The standard InChI is InChI=1S/C16H6F5IN4O/c17-11-3-8(16(19,20)21)4-12(18)15(11)27-14-5-9(22)1-2-13(14)26-25-10(6-23)7-24/h1-5,26H. The van der Waals surface area contributed by atoms with Crippen LogP contribution in [0, 0.1) is 37.9 Å². The summed E-state index contributed by atoms with van der Waals surface area (Å²) < 4.78 is 71.5. The van der Waals surface area contributed by atoms with Crippen molar-refractivity contribution in [1.82, 2.24) is 0 Å². The number of nitriles is 2. The lowest BCUT2D eigenvalue weighted by Gasteiger charge is -2.14. The Morgan fingerprint density at radius 2 is 1.67 bits per heavy atom. The van der Waals surface area contributed by atoms with Crippen LogP contribution in [0.5, 0.6) is 11.5 Å². The Hall–Kier alpha value is -2.93. The Bertz CT molecular complexity index is 953. The van der Waals surface area contributed by atoms with E-state index in [2.05, 4.69) is 10.5 Å². The summed E-state index contributed by atoms with van der Waals surface area (Å²) in [7, 11) is 0. The minimum Gasteiger partial charge on any atom is -0.449 e. The third-order valence-corrected chi connectivity index (χ3v) is 3.65. The van der Waals surface area contributed by atoms with E-state index in [4.69, 9.17) is 15.3 Å². The molecule has 2 rings (SSSR count). The second kappa shape index (κ2) is 8.18. The molecule has 5 nitrogen and oxygen atoms in total. The third-order valence-electron chi connectivity index (χ3n) is 2.98. The molecule has 0 heterocycles. The van der Waals surface area contributed by atoms with Crippen LogP contribution < -0.4 is 10.2 Å². The molecule has 0 aliphatic rings. The van der Waals surface area contributed by atoms with Crippen molar-refractivity contribution in [2.24, 2.45) is 5.10 Å². The van der Waals surface area contributed by atoms with Crippen LogP contribution in [-0.2, 0) is 6.18 Å². The molecule has 2 aromatic carbocycles. The van der Waals surface area contributed by atoms with Gasteiger partial charge in [-0.25, -0.2) is 8.78 Å². The summed E-state index contributed by atoms with van der Waals surface area (Å²) in [6.07, 6.45) is -4.92. The molecule has 1 N–H and O–H groups in total. The molecule has 138 valence electrons. The molecule has 0 aliphatic heterocycles. The highest BCUT2D eigenvalue weighted by molar-refractivity contribution is 14.1. The number of anilines is 1. The summed E-state index contributed by atoms with van der Waals surface area (Å²) in [5.74, 6) is -4.33. The van der Waals surface area contributed by atoms with Crippen molar-refractivity contribution in [3.05, 3.63) is 51.1 Å². The molecule has 0 unspecified atom stereocenters. The average molecular weight is 492 g/mol. The average Bonchev–Trinajstić information content (AvgIpc) is 2.59. The number of alkyl halides is 3. The van der Waals surface area contributed by atoms with Crippen molar-refractivity contribution in [3.8, 4) is 23.6 Å². The van der Waals surface area contributed by atoms with Crippen molar-refractivity contribution in [1.29, 1.82) is 10.5 Å². The van der Waals surface area contributed by atoms with Crippen LogP contribution in [0.2, 0.25) is 0 Å². The van der Waals surface area contributed by atoms with E-state index >= 15 is 0 Å². The Balaban J connectivity index is 2.44. The first-order valence-electron chi connectivity index (χ1n) is 6.83. The number of nitrogens with one attached hydrogen (secondary N) is 1. The Morgan fingerprint density at radius 1 is 1.07 bits per heavy atom. The van der Waals surface area contributed by atoms with Crippen molar-refractivity contribution in [3.63, 3.8) is 0 Å². The highest BCUT2D eigenvalue weighted by Crippen LogP contribution is 2.37. The predicted octanol–water partition coefficient (Wildman–Crippen LogP) is 5.20. The van der Waals surface area contributed by atoms with Crippen LogP contribution in [0.15, 0.2) is 35.4 Å². The number of nitrogens with zero attached hydrogens (tertiary/aromatic N) is 3. The summed E-state index contributed by atoms with van der Waals surface area (Å²) in [6, 6.07) is 7.49. The normalized spacial score (nSPS) is 10.5. The Labute approximate surface area is 162 Å². The van der Waals surface area contributed by atoms with E-state index in [1.807, 2.05) is 22.6 Å². The fourth-order valence-corrected chi connectivity index (χ4v) is 2.26. The summed E-state index contributed by atoms with van der Waals surface area (Å²) in [5, 5.41) is 20.8. The lowest BCUT2D eigenvalue weighted by Crippen LogP contribution is -2.07. The second-order valence-corrected chi connectivity index (χ2v) is 6.05. The summed E-state index contributed by atoms with van der Waals surface area (Å²) >= 11 is 1.87. The first kappa shape index (κ1) is 20.4. The van der Waals surface area contributed by atoms with Gasteiger partial charge in [-0.3, -0.25) is 5.43 Å². The number of hydrogen-bond acceptors (Lipinski definition) is 5. The molecule has 0 atom stereocenters. The molecule has 11 heteroatoms. The van der Waals surface area contributed by atoms with Gasteiger partial charge in [0.2, 0.25) is 5.71 Å². The van der Waals surface area contributed by atoms with Crippen molar-refractivity contribution < 1.29 is 26.7 Å². The van der Waals surface area contributed by atoms with Crippen LogP contribution >= 0.6 is 22.6 Å². The van der Waals surface area contributed by atoms with Crippen molar-refractivity contribution in [2.75, 3.05) is 5.43 Å². The van der Waals surface area contributed by atoms with Gasteiger partial charge in [0.15, 0.2) is 23.1 Å². The first-order chi connectivity index (χ1) is 12.7. The molecule has 2 aromatic rings. The molecule has 0 saturated heterocycles. The number of hydrazone groups is 1. The van der Waals surface area contributed by atoms with Crippen LogP contribution in [0.4, 0.5) is 27.6 Å². The van der Waals surface area contributed by atoms with Gasteiger partial charge in [-0.2, -0.15) is 28.8 Å². The fourth-order valence-electron chi connectivity index (χ4n) is 1.80. The minimum absolute atomic E-state index is 0.0251. The van der Waals surface area contributed by atoms with E-state index in [0.717, 1.165) is 0 Å². The lowest BCUT2D eigenvalue weighted by molar-refractivity contribution is -0.138. The molecule has 0 aromatic heterocycles. The maximum absolute atomic E-state index is 14.0. The fraction of sp³-hybridized carbons (Fsp3) is 0.0625. The second-order valence-electron chi connectivity index (χ2n) is 4.81. The number of benzene rings is 2. The predicted molar refractivity (Wildman–Crippen MR) is 92.9 cm³/mol. The zero-order valence-electron chi connectivity index (χ0n) is 12.9. The molecule has 27 heavy (non-hydrogen) atoms. The molecule has 0 saturated carbocycles. The zero-order chi connectivity index (χ0) is 20.2. The largest absolute Gasteiger partial charge is 0.449 e. The monoisotopic (exact) mass is 492 g/mol. The highest BCUT2D eigenvalue weighted by Gasteiger charge is 2.33. The van der Waals surface area contributed by atoms with Gasteiger partial charge in [-0.15, -0.1) is 0 Å². The van der Waals surface area contributed by atoms with Gasteiger partial charge in [0.1, 0.15) is 12.1 Å². The van der Waals surface area contributed by atoms with Gasteiger partial charge < -0.3 is 4.74 Å². The van der Waals surface area contributed by atoms with Crippen molar-refractivity contribution in [2.45, 2.75) is 6.18 Å². The maximum Gasteiger partial charge on any atom is 0.416 e. The molecular weight excluding hydrogens is 486 g/mol. The quantitative estimate of drug-likeness (QED) is 0.276. The van der Waals surface area contributed by atoms with Crippen LogP contribution in [0.3, 0.4) is 0 Å².